The lowest BCUT2D eigenvalue weighted by atomic mass is 10.1. The third-order valence-corrected chi connectivity index (χ3v) is 3.56. The van der Waals surface area contributed by atoms with Crippen molar-refractivity contribution >= 4 is 22.4 Å². The minimum Gasteiger partial charge on any atom is -0.479 e. The van der Waals surface area contributed by atoms with Gasteiger partial charge >= 0.3 is 5.97 Å². The van der Waals surface area contributed by atoms with Crippen molar-refractivity contribution in [3.05, 3.63) is 48.2 Å². The van der Waals surface area contributed by atoms with Gasteiger partial charge in [0.05, 0.1) is 23.2 Å². The van der Waals surface area contributed by atoms with Crippen LogP contribution in [-0.2, 0) is 4.74 Å². The highest BCUT2D eigenvalue weighted by Gasteiger charge is 2.19. The number of carbonyl (C=O) groups excluding carboxylic acids is 1. The van der Waals surface area contributed by atoms with E-state index in [2.05, 4.69) is 0 Å². The molecule has 0 bridgehead atoms. The van der Waals surface area contributed by atoms with Gasteiger partial charge in [-0.1, -0.05) is 13.0 Å². The molecule has 0 saturated carbocycles. The smallest absolute Gasteiger partial charge is 0.340 e. The number of pyridine rings is 1. The standard InChI is InChI=1S/C18H16N2O3/c1-2-10-23-18(21)17-14-7-6-13(22-11-8-19)12-16(14)20-9-4-3-5-15(17)20/h3-7,9,12H,2,10-11H2,1H3. The zero-order valence-corrected chi connectivity index (χ0v) is 12.8. The largest absolute Gasteiger partial charge is 0.479 e. The van der Waals surface area contributed by atoms with Crippen LogP contribution in [0.25, 0.3) is 16.4 Å². The van der Waals surface area contributed by atoms with Crippen molar-refractivity contribution in [2.75, 3.05) is 13.2 Å². The van der Waals surface area contributed by atoms with Crippen molar-refractivity contribution in [3.8, 4) is 11.8 Å². The molecule has 0 aliphatic rings. The first kappa shape index (κ1) is 14.9. The van der Waals surface area contributed by atoms with Crippen LogP contribution in [0, 0.1) is 11.3 Å². The monoisotopic (exact) mass is 308 g/mol. The summed E-state index contributed by atoms with van der Waals surface area (Å²) >= 11 is 0. The molecule has 2 aromatic heterocycles. The minimum absolute atomic E-state index is 0.0137. The predicted molar refractivity (Wildman–Crippen MR) is 86.6 cm³/mol. The molecule has 0 unspecified atom stereocenters. The Kier molecular flexibility index (Phi) is 4.15. The lowest BCUT2D eigenvalue weighted by molar-refractivity contribution is 0.0509. The molecule has 116 valence electrons. The van der Waals surface area contributed by atoms with E-state index in [0.717, 1.165) is 22.8 Å². The molecule has 0 amide bonds. The van der Waals surface area contributed by atoms with Crippen LogP contribution in [0.1, 0.15) is 23.7 Å². The fourth-order valence-electron chi connectivity index (χ4n) is 2.60. The van der Waals surface area contributed by atoms with E-state index < -0.39 is 0 Å². The van der Waals surface area contributed by atoms with E-state index >= 15 is 0 Å². The fourth-order valence-corrected chi connectivity index (χ4v) is 2.60. The van der Waals surface area contributed by atoms with Gasteiger partial charge in [0.15, 0.2) is 6.61 Å². The Morgan fingerprint density at radius 3 is 2.91 bits per heavy atom. The fraction of sp³-hybridized carbons (Fsp3) is 0.222. The number of ether oxygens (including phenoxy) is 2. The lowest BCUT2D eigenvalue weighted by Gasteiger charge is -2.03. The normalized spacial score (nSPS) is 10.6. The second-order valence-electron chi connectivity index (χ2n) is 5.09. The maximum Gasteiger partial charge on any atom is 0.340 e. The van der Waals surface area contributed by atoms with E-state index in [1.807, 2.05) is 53.9 Å². The molecule has 0 atom stereocenters. The van der Waals surface area contributed by atoms with Crippen molar-refractivity contribution in [3.63, 3.8) is 0 Å². The first-order valence-electron chi connectivity index (χ1n) is 7.46. The van der Waals surface area contributed by atoms with E-state index in [1.54, 1.807) is 6.07 Å². The Balaban J connectivity index is 2.18. The molecule has 3 aromatic rings. The summed E-state index contributed by atoms with van der Waals surface area (Å²) in [4.78, 5) is 12.4. The average Bonchev–Trinajstić information content (AvgIpc) is 2.91. The van der Waals surface area contributed by atoms with E-state index in [0.29, 0.717) is 17.9 Å². The second kappa shape index (κ2) is 6.41. The van der Waals surface area contributed by atoms with Crippen molar-refractivity contribution in [1.29, 1.82) is 5.26 Å². The average molecular weight is 308 g/mol. The number of hydrogen-bond acceptors (Lipinski definition) is 4. The van der Waals surface area contributed by atoms with Crippen LogP contribution in [-0.4, -0.2) is 23.6 Å². The summed E-state index contributed by atoms with van der Waals surface area (Å²) in [6, 6.07) is 13.0. The molecular formula is C18H16N2O3. The summed E-state index contributed by atoms with van der Waals surface area (Å²) in [5.41, 5.74) is 2.20. The molecule has 1 aromatic carbocycles. The second-order valence-corrected chi connectivity index (χ2v) is 5.09. The van der Waals surface area contributed by atoms with Gasteiger partial charge in [-0.05, 0) is 30.7 Å². The SMILES string of the molecule is CCCOC(=O)c1c2ccc(OCC#N)cc2n2ccccc12. The molecule has 0 radical (unpaired) electrons. The number of fused-ring (bicyclic) bond motifs is 3. The molecule has 0 aliphatic carbocycles. The lowest BCUT2D eigenvalue weighted by Crippen LogP contribution is -2.05. The Morgan fingerprint density at radius 2 is 2.13 bits per heavy atom. The Morgan fingerprint density at radius 1 is 1.26 bits per heavy atom. The number of nitriles is 1. The van der Waals surface area contributed by atoms with Crippen LogP contribution in [0.3, 0.4) is 0 Å². The minimum atomic E-state index is -0.323. The van der Waals surface area contributed by atoms with Crippen LogP contribution in [0.4, 0.5) is 0 Å². The molecule has 0 spiro atoms. The van der Waals surface area contributed by atoms with Crippen molar-refractivity contribution < 1.29 is 14.3 Å². The van der Waals surface area contributed by atoms with E-state index in [1.165, 1.54) is 0 Å². The molecule has 5 nitrogen and oxygen atoms in total. The van der Waals surface area contributed by atoms with Gasteiger partial charge < -0.3 is 13.9 Å². The van der Waals surface area contributed by atoms with Gasteiger partial charge in [0.2, 0.25) is 0 Å². The molecule has 3 rings (SSSR count). The van der Waals surface area contributed by atoms with Crippen LogP contribution in [0.15, 0.2) is 42.6 Å². The zero-order chi connectivity index (χ0) is 16.2. The van der Waals surface area contributed by atoms with Crippen LogP contribution < -0.4 is 4.74 Å². The molecule has 0 N–H and O–H groups in total. The van der Waals surface area contributed by atoms with E-state index in [9.17, 15) is 4.79 Å². The van der Waals surface area contributed by atoms with E-state index in [4.69, 9.17) is 14.7 Å². The molecule has 23 heavy (non-hydrogen) atoms. The van der Waals surface area contributed by atoms with Gasteiger partial charge in [0.1, 0.15) is 11.8 Å². The van der Waals surface area contributed by atoms with Gasteiger partial charge in [-0.3, -0.25) is 0 Å². The summed E-state index contributed by atoms with van der Waals surface area (Å²) < 4.78 is 12.6. The van der Waals surface area contributed by atoms with Gasteiger partial charge in [0.25, 0.3) is 0 Å². The maximum absolute atomic E-state index is 12.4. The number of carbonyl (C=O) groups is 1. The van der Waals surface area contributed by atoms with Gasteiger partial charge in [0, 0.05) is 17.6 Å². The van der Waals surface area contributed by atoms with Crippen LogP contribution in [0.5, 0.6) is 5.75 Å². The maximum atomic E-state index is 12.4. The first-order valence-corrected chi connectivity index (χ1v) is 7.46. The third-order valence-electron chi connectivity index (χ3n) is 3.56. The van der Waals surface area contributed by atoms with Crippen molar-refractivity contribution in [2.24, 2.45) is 0 Å². The Hall–Kier alpha value is -3.00. The number of aromatic nitrogens is 1. The topological polar surface area (TPSA) is 63.7 Å². The molecule has 2 heterocycles. The van der Waals surface area contributed by atoms with Crippen molar-refractivity contribution in [2.45, 2.75) is 13.3 Å². The number of rotatable bonds is 5. The summed E-state index contributed by atoms with van der Waals surface area (Å²) in [6.45, 7) is 2.34. The molecule has 0 aliphatic heterocycles. The molecule has 5 heteroatoms. The van der Waals surface area contributed by atoms with Gasteiger partial charge in [-0.25, -0.2) is 4.79 Å². The Bertz CT molecular complexity index is 906. The van der Waals surface area contributed by atoms with Crippen LogP contribution in [0.2, 0.25) is 0 Å². The summed E-state index contributed by atoms with van der Waals surface area (Å²) in [5, 5.41) is 9.44. The Labute approximate surface area is 133 Å². The highest BCUT2D eigenvalue weighted by Crippen LogP contribution is 2.30. The van der Waals surface area contributed by atoms with E-state index in [-0.39, 0.29) is 12.6 Å². The summed E-state index contributed by atoms with van der Waals surface area (Å²) in [7, 11) is 0. The molecular weight excluding hydrogens is 292 g/mol. The predicted octanol–water partition coefficient (Wildman–Crippen LogP) is 3.56. The summed E-state index contributed by atoms with van der Waals surface area (Å²) in [5.74, 6) is 0.270. The molecule has 0 fully saturated rings. The third kappa shape index (κ3) is 2.71. The number of benzene rings is 1. The first-order chi connectivity index (χ1) is 11.3. The van der Waals surface area contributed by atoms with Crippen molar-refractivity contribution in [1.82, 2.24) is 4.40 Å². The highest BCUT2D eigenvalue weighted by atomic mass is 16.5. The molecule has 0 saturated heterocycles. The highest BCUT2D eigenvalue weighted by molar-refractivity contribution is 6.11. The van der Waals surface area contributed by atoms with Gasteiger partial charge in [-0.15, -0.1) is 0 Å². The quantitative estimate of drug-likeness (QED) is 0.676. The number of hydrogen-bond donors (Lipinski definition) is 0. The summed E-state index contributed by atoms with van der Waals surface area (Å²) in [6.07, 6.45) is 2.67. The van der Waals surface area contributed by atoms with Gasteiger partial charge in [-0.2, -0.15) is 5.26 Å². The number of nitrogens with zero attached hydrogens (tertiary/aromatic N) is 2. The van der Waals surface area contributed by atoms with Crippen LogP contribution >= 0.6 is 0 Å². The zero-order valence-electron chi connectivity index (χ0n) is 12.8. The number of esters is 1.